The number of nitrogens with two attached hydrogens (primary N) is 1. The molecule has 0 heterocycles. The standard InChI is InChI=1S/C10H7FN2O4/c11-7-4-6(2-1-3-9(12)14)10(15)8(5-7)13(16)17/h4-5,15H,3H2,(H2,12,14). The first kappa shape index (κ1) is 12.4. The lowest BCUT2D eigenvalue weighted by atomic mass is 10.1. The number of aromatic hydroxyl groups is 1. The second-order valence-corrected chi connectivity index (χ2v) is 3.02. The smallest absolute Gasteiger partial charge is 0.314 e. The third-order valence-corrected chi connectivity index (χ3v) is 1.74. The van der Waals surface area contributed by atoms with Gasteiger partial charge in [0.25, 0.3) is 0 Å². The van der Waals surface area contributed by atoms with Gasteiger partial charge in [0.05, 0.1) is 23.0 Å². The van der Waals surface area contributed by atoms with Crippen molar-refractivity contribution in [3.8, 4) is 17.6 Å². The number of nitrogens with zero attached hydrogens (tertiary/aromatic N) is 1. The van der Waals surface area contributed by atoms with E-state index in [0.717, 1.165) is 6.07 Å². The van der Waals surface area contributed by atoms with Crippen molar-refractivity contribution in [2.45, 2.75) is 6.42 Å². The largest absolute Gasteiger partial charge is 0.501 e. The summed E-state index contributed by atoms with van der Waals surface area (Å²) in [6.45, 7) is 0. The van der Waals surface area contributed by atoms with E-state index in [1.165, 1.54) is 0 Å². The van der Waals surface area contributed by atoms with Gasteiger partial charge < -0.3 is 10.8 Å². The molecule has 1 aromatic carbocycles. The van der Waals surface area contributed by atoms with Gasteiger partial charge in [-0.15, -0.1) is 0 Å². The number of hydrogen-bond donors (Lipinski definition) is 2. The summed E-state index contributed by atoms with van der Waals surface area (Å²) < 4.78 is 13.0. The summed E-state index contributed by atoms with van der Waals surface area (Å²) >= 11 is 0. The van der Waals surface area contributed by atoms with Crippen molar-refractivity contribution >= 4 is 11.6 Å². The molecule has 1 rings (SSSR count). The number of phenolic OH excluding ortho intramolecular Hbond substituents is 1. The van der Waals surface area contributed by atoms with Crippen LogP contribution >= 0.6 is 0 Å². The van der Waals surface area contributed by atoms with E-state index in [0.29, 0.717) is 6.07 Å². The molecule has 0 aliphatic heterocycles. The zero-order valence-electron chi connectivity index (χ0n) is 8.44. The minimum Gasteiger partial charge on any atom is -0.501 e. The number of nitro groups is 1. The summed E-state index contributed by atoms with van der Waals surface area (Å²) in [5.74, 6) is 2.16. The van der Waals surface area contributed by atoms with E-state index in [4.69, 9.17) is 5.73 Å². The fourth-order valence-electron chi connectivity index (χ4n) is 1.05. The zero-order chi connectivity index (χ0) is 13.0. The van der Waals surface area contributed by atoms with Crippen molar-refractivity contribution in [2.24, 2.45) is 5.73 Å². The summed E-state index contributed by atoms with van der Waals surface area (Å²) in [4.78, 5) is 19.9. The maximum atomic E-state index is 13.0. The molecule has 0 aliphatic rings. The van der Waals surface area contributed by atoms with Crippen LogP contribution in [0.3, 0.4) is 0 Å². The quantitative estimate of drug-likeness (QED) is 0.448. The van der Waals surface area contributed by atoms with Crippen LogP contribution in [0.15, 0.2) is 12.1 Å². The van der Waals surface area contributed by atoms with Gasteiger partial charge in [-0.1, -0.05) is 11.8 Å². The molecule has 0 atom stereocenters. The third kappa shape index (κ3) is 3.17. The number of amides is 1. The van der Waals surface area contributed by atoms with Gasteiger partial charge >= 0.3 is 5.69 Å². The predicted molar refractivity (Wildman–Crippen MR) is 55.4 cm³/mol. The van der Waals surface area contributed by atoms with E-state index in [1.807, 2.05) is 0 Å². The van der Waals surface area contributed by atoms with Crippen molar-refractivity contribution in [3.05, 3.63) is 33.6 Å². The molecule has 0 fully saturated rings. The van der Waals surface area contributed by atoms with Crippen molar-refractivity contribution in [1.82, 2.24) is 0 Å². The number of halogens is 1. The number of benzene rings is 1. The highest BCUT2D eigenvalue weighted by Gasteiger charge is 2.18. The monoisotopic (exact) mass is 238 g/mol. The van der Waals surface area contributed by atoms with Gasteiger partial charge in [0, 0.05) is 0 Å². The number of carbonyl (C=O) groups is 1. The highest BCUT2D eigenvalue weighted by molar-refractivity contribution is 5.76. The molecule has 17 heavy (non-hydrogen) atoms. The van der Waals surface area contributed by atoms with E-state index in [2.05, 4.69) is 11.8 Å². The molecule has 0 bridgehead atoms. The number of phenols is 1. The van der Waals surface area contributed by atoms with Crippen LogP contribution in [0.25, 0.3) is 0 Å². The van der Waals surface area contributed by atoms with Crippen LogP contribution in [-0.4, -0.2) is 15.9 Å². The predicted octanol–water partition coefficient (Wildman–Crippen LogP) is 0.666. The third-order valence-electron chi connectivity index (χ3n) is 1.74. The fourth-order valence-corrected chi connectivity index (χ4v) is 1.05. The zero-order valence-corrected chi connectivity index (χ0v) is 8.44. The molecule has 0 spiro atoms. The lowest BCUT2D eigenvalue weighted by Crippen LogP contribution is -2.08. The summed E-state index contributed by atoms with van der Waals surface area (Å²) in [6, 6.07) is 1.41. The van der Waals surface area contributed by atoms with Gasteiger partial charge in [0.15, 0.2) is 0 Å². The molecule has 3 N–H and O–H groups in total. The van der Waals surface area contributed by atoms with Crippen LogP contribution in [-0.2, 0) is 4.79 Å². The maximum absolute atomic E-state index is 13.0. The highest BCUT2D eigenvalue weighted by Crippen LogP contribution is 2.30. The molecule has 7 heteroatoms. The topological polar surface area (TPSA) is 106 Å². The van der Waals surface area contributed by atoms with Gasteiger partial charge in [-0.25, -0.2) is 4.39 Å². The first-order valence-electron chi connectivity index (χ1n) is 4.36. The maximum Gasteiger partial charge on any atom is 0.314 e. The average Bonchev–Trinajstić information content (AvgIpc) is 2.21. The Morgan fingerprint density at radius 2 is 2.24 bits per heavy atom. The Hall–Kier alpha value is -2.62. The molecule has 1 aromatic rings. The summed E-state index contributed by atoms with van der Waals surface area (Å²) in [5.41, 5.74) is 3.77. The number of nitro benzene ring substituents is 1. The first-order valence-corrected chi connectivity index (χ1v) is 4.36. The number of rotatable bonds is 2. The van der Waals surface area contributed by atoms with Gasteiger partial charge in [0.2, 0.25) is 11.7 Å². The van der Waals surface area contributed by atoms with E-state index >= 15 is 0 Å². The molecule has 6 nitrogen and oxygen atoms in total. The Kier molecular flexibility index (Phi) is 3.62. The Balaban J connectivity index is 3.19. The summed E-state index contributed by atoms with van der Waals surface area (Å²) in [7, 11) is 0. The molecule has 0 saturated heterocycles. The van der Waals surface area contributed by atoms with Crippen LogP contribution in [0.5, 0.6) is 5.75 Å². The Morgan fingerprint density at radius 3 is 2.76 bits per heavy atom. The minimum absolute atomic E-state index is 0.266. The van der Waals surface area contributed by atoms with Gasteiger partial charge in [-0.3, -0.25) is 14.9 Å². The van der Waals surface area contributed by atoms with Crippen LogP contribution in [0.2, 0.25) is 0 Å². The Morgan fingerprint density at radius 1 is 1.59 bits per heavy atom. The molecule has 0 unspecified atom stereocenters. The summed E-state index contributed by atoms with van der Waals surface area (Å²) in [5, 5.41) is 19.9. The molecule has 0 saturated carbocycles. The van der Waals surface area contributed by atoms with Crippen molar-refractivity contribution in [1.29, 1.82) is 0 Å². The van der Waals surface area contributed by atoms with Crippen molar-refractivity contribution in [2.75, 3.05) is 0 Å². The van der Waals surface area contributed by atoms with Gasteiger partial charge in [-0.05, 0) is 6.07 Å². The first-order chi connectivity index (χ1) is 7.91. The van der Waals surface area contributed by atoms with Crippen molar-refractivity contribution in [3.63, 3.8) is 0 Å². The van der Waals surface area contributed by atoms with Crippen LogP contribution in [0.1, 0.15) is 12.0 Å². The highest BCUT2D eigenvalue weighted by atomic mass is 19.1. The lowest BCUT2D eigenvalue weighted by Gasteiger charge is -1.99. The van der Waals surface area contributed by atoms with Crippen LogP contribution in [0.4, 0.5) is 10.1 Å². The van der Waals surface area contributed by atoms with Gasteiger partial charge in [0.1, 0.15) is 5.82 Å². The SMILES string of the molecule is NC(=O)CC#Cc1cc(F)cc([N+](=O)[O-])c1O. The molecule has 0 radical (unpaired) electrons. The molecule has 88 valence electrons. The molecule has 1 amide bonds. The molecule has 0 aromatic heterocycles. The van der Waals surface area contributed by atoms with E-state index < -0.39 is 28.1 Å². The molecule has 0 aliphatic carbocycles. The van der Waals surface area contributed by atoms with Crippen LogP contribution < -0.4 is 5.73 Å². The minimum atomic E-state index is -0.933. The lowest BCUT2D eigenvalue weighted by molar-refractivity contribution is -0.386. The number of primary amides is 1. The second-order valence-electron chi connectivity index (χ2n) is 3.02. The molecular formula is C10H7FN2O4. The number of hydrogen-bond acceptors (Lipinski definition) is 4. The summed E-state index contributed by atoms with van der Waals surface area (Å²) in [6.07, 6.45) is -0.288. The van der Waals surface area contributed by atoms with E-state index in [-0.39, 0.29) is 12.0 Å². The Labute approximate surface area is 95.0 Å². The Bertz CT molecular complexity index is 545. The normalized spacial score (nSPS) is 9.24. The molecular weight excluding hydrogens is 231 g/mol. The fraction of sp³-hybridized carbons (Fsp3) is 0.100. The van der Waals surface area contributed by atoms with E-state index in [9.17, 15) is 24.4 Å². The number of carbonyl (C=O) groups excluding carboxylic acids is 1. The van der Waals surface area contributed by atoms with Crippen molar-refractivity contribution < 1.29 is 19.2 Å². The second kappa shape index (κ2) is 4.94. The van der Waals surface area contributed by atoms with Crippen LogP contribution in [0, 0.1) is 27.8 Å². The van der Waals surface area contributed by atoms with Gasteiger partial charge in [-0.2, -0.15) is 0 Å². The van der Waals surface area contributed by atoms with E-state index in [1.54, 1.807) is 0 Å². The average molecular weight is 238 g/mol.